The van der Waals surface area contributed by atoms with Gasteiger partial charge in [0.05, 0.1) is 6.33 Å². The van der Waals surface area contributed by atoms with Crippen molar-refractivity contribution in [2.24, 2.45) is 18.9 Å². The molecule has 1 aliphatic heterocycles. The lowest BCUT2D eigenvalue weighted by molar-refractivity contribution is 0.363. The van der Waals surface area contributed by atoms with E-state index in [9.17, 15) is 4.79 Å². The molecule has 0 amide bonds. The van der Waals surface area contributed by atoms with E-state index in [1.165, 1.54) is 10.9 Å². The third-order valence-corrected chi connectivity index (χ3v) is 6.63. The number of imidazole rings is 1. The number of rotatable bonds is 4. The second-order valence-electron chi connectivity index (χ2n) is 8.14. The summed E-state index contributed by atoms with van der Waals surface area (Å²) in [7, 11) is 1.76. The number of fused-ring (bicyclic) bond motifs is 2. The van der Waals surface area contributed by atoms with Crippen molar-refractivity contribution in [1.82, 2.24) is 29.2 Å². The van der Waals surface area contributed by atoms with Crippen LogP contribution in [0.1, 0.15) is 17.6 Å². The van der Waals surface area contributed by atoms with Gasteiger partial charge in [-0.3, -0.25) is 9.36 Å². The smallest absolute Gasteiger partial charge is 0.280 e. The van der Waals surface area contributed by atoms with E-state index in [-0.39, 0.29) is 18.0 Å². The first kappa shape index (κ1) is 18.8. The van der Waals surface area contributed by atoms with Gasteiger partial charge in [-0.1, -0.05) is 28.4 Å². The van der Waals surface area contributed by atoms with Crippen molar-refractivity contribution in [1.29, 1.82) is 0 Å². The lowest BCUT2D eigenvalue weighted by Gasteiger charge is -2.22. The molecule has 4 aromatic rings. The summed E-state index contributed by atoms with van der Waals surface area (Å²) in [5.74, 6) is 2.31. The molecule has 11 heteroatoms. The Bertz CT molecular complexity index is 1350. The fourth-order valence-electron chi connectivity index (χ4n) is 4.64. The molecular weight excluding hydrogens is 441 g/mol. The van der Waals surface area contributed by atoms with Crippen molar-refractivity contribution in [3.63, 3.8) is 0 Å². The van der Waals surface area contributed by atoms with Crippen molar-refractivity contribution in [3.8, 4) is 0 Å². The maximum Gasteiger partial charge on any atom is 0.280 e. The predicted octanol–water partition coefficient (Wildman–Crippen LogP) is 2.72. The summed E-state index contributed by atoms with van der Waals surface area (Å²) in [5.41, 5.74) is 1.71. The van der Waals surface area contributed by atoms with Gasteiger partial charge < -0.3 is 14.0 Å². The summed E-state index contributed by atoms with van der Waals surface area (Å²) in [5, 5.41) is 5.45. The van der Waals surface area contributed by atoms with Crippen molar-refractivity contribution >= 4 is 40.1 Å². The van der Waals surface area contributed by atoms with Gasteiger partial charge in [0.2, 0.25) is 5.89 Å². The summed E-state index contributed by atoms with van der Waals surface area (Å²) in [4.78, 5) is 27.9. The van der Waals surface area contributed by atoms with Crippen molar-refractivity contribution in [3.05, 3.63) is 63.0 Å². The number of halogens is 2. The van der Waals surface area contributed by atoms with Crippen LogP contribution in [-0.2, 0) is 13.6 Å². The Hall–Kier alpha value is -2.91. The molecule has 3 aromatic heterocycles. The third kappa shape index (κ3) is 3.11. The number of anilines is 1. The van der Waals surface area contributed by atoms with Crippen LogP contribution >= 0.6 is 23.2 Å². The summed E-state index contributed by atoms with van der Waals surface area (Å²) in [6.45, 7) is 1.97. The van der Waals surface area contributed by atoms with Crippen LogP contribution in [0.15, 0.2) is 40.2 Å². The van der Waals surface area contributed by atoms with E-state index in [0.717, 1.165) is 18.8 Å². The van der Waals surface area contributed by atoms with E-state index < -0.39 is 0 Å². The number of hydrogen-bond acceptors (Lipinski definition) is 7. The molecule has 0 N–H and O–H groups in total. The molecular formula is C20H17Cl2N7O2. The minimum absolute atomic E-state index is 0.176. The van der Waals surface area contributed by atoms with Crippen LogP contribution in [0.3, 0.4) is 0 Å². The Morgan fingerprint density at radius 1 is 1.10 bits per heavy atom. The molecule has 1 saturated carbocycles. The van der Waals surface area contributed by atoms with Gasteiger partial charge in [0.1, 0.15) is 12.9 Å². The van der Waals surface area contributed by atoms with Gasteiger partial charge in [-0.25, -0.2) is 9.97 Å². The highest BCUT2D eigenvalue weighted by Crippen LogP contribution is 2.58. The van der Waals surface area contributed by atoms with Crippen molar-refractivity contribution in [2.75, 3.05) is 18.0 Å². The van der Waals surface area contributed by atoms with Gasteiger partial charge in [0, 0.05) is 41.8 Å². The first-order valence-corrected chi connectivity index (χ1v) is 10.6. The fourth-order valence-corrected chi connectivity index (χ4v) is 5.15. The minimum Gasteiger partial charge on any atom is -0.371 e. The normalized spacial score (nSPS) is 22.3. The Morgan fingerprint density at radius 2 is 1.81 bits per heavy atom. The standard InChI is InChI=1S/C20H17Cl2N7O2/c1-27-8-23-19-17(27)20(30)29(9-24-19)7-15-25-18(26-31-15)16-13-5-28(6-14(13)16)12-3-10(21)2-11(22)4-12/h2-4,8-9,13-14,16H,5-7H2,1H3/t13-,14+,16+. The molecule has 0 bridgehead atoms. The average Bonchev–Trinajstić information content (AvgIpc) is 3.15. The number of aromatic nitrogens is 6. The van der Waals surface area contributed by atoms with E-state index in [2.05, 4.69) is 25.0 Å². The molecule has 1 aliphatic carbocycles. The zero-order valence-corrected chi connectivity index (χ0v) is 18.0. The Balaban J connectivity index is 1.17. The maximum atomic E-state index is 12.7. The highest BCUT2D eigenvalue weighted by Gasteiger charge is 2.58. The number of benzene rings is 1. The van der Waals surface area contributed by atoms with E-state index in [0.29, 0.717) is 44.8 Å². The summed E-state index contributed by atoms with van der Waals surface area (Å²) in [6, 6.07) is 5.61. The highest BCUT2D eigenvalue weighted by atomic mass is 35.5. The number of hydrogen-bond donors (Lipinski definition) is 0. The van der Waals surface area contributed by atoms with Crippen molar-refractivity contribution < 1.29 is 4.52 Å². The third-order valence-electron chi connectivity index (χ3n) is 6.19. The minimum atomic E-state index is -0.191. The zero-order valence-electron chi connectivity index (χ0n) is 16.4. The fraction of sp³-hybridized carbons (Fsp3) is 0.350. The maximum absolute atomic E-state index is 12.7. The van der Waals surface area contributed by atoms with Gasteiger partial charge in [0.25, 0.3) is 5.56 Å². The Labute approximate surface area is 186 Å². The molecule has 4 heterocycles. The largest absolute Gasteiger partial charge is 0.371 e. The van der Waals surface area contributed by atoms with E-state index in [4.69, 9.17) is 27.7 Å². The van der Waals surface area contributed by atoms with Gasteiger partial charge in [-0.15, -0.1) is 0 Å². The number of nitrogens with zero attached hydrogens (tertiary/aromatic N) is 7. The highest BCUT2D eigenvalue weighted by molar-refractivity contribution is 6.35. The molecule has 0 radical (unpaired) electrons. The topological polar surface area (TPSA) is 94.9 Å². The molecule has 9 nitrogen and oxygen atoms in total. The molecule has 6 rings (SSSR count). The van der Waals surface area contributed by atoms with E-state index >= 15 is 0 Å². The molecule has 0 unspecified atom stereocenters. The Kier molecular flexibility index (Phi) is 4.13. The molecule has 1 saturated heterocycles. The van der Waals surface area contributed by atoms with Crippen LogP contribution in [0.2, 0.25) is 10.0 Å². The average molecular weight is 458 g/mol. The lowest BCUT2D eigenvalue weighted by atomic mass is 10.2. The van der Waals surface area contributed by atoms with E-state index in [1.54, 1.807) is 24.0 Å². The van der Waals surface area contributed by atoms with E-state index in [1.807, 2.05) is 12.1 Å². The van der Waals surface area contributed by atoms with Gasteiger partial charge >= 0.3 is 0 Å². The second-order valence-corrected chi connectivity index (χ2v) is 9.01. The second kappa shape index (κ2) is 6.80. The molecule has 2 fully saturated rings. The number of piperidine rings is 1. The van der Waals surface area contributed by atoms with Crippen LogP contribution in [0, 0.1) is 11.8 Å². The van der Waals surface area contributed by atoms with Gasteiger partial charge in [-0.2, -0.15) is 4.98 Å². The quantitative estimate of drug-likeness (QED) is 0.464. The molecule has 0 spiro atoms. The van der Waals surface area contributed by atoms with Crippen LogP contribution in [0.4, 0.5) is 5.69 Å². The summed E-state index contributed by atoms with van der Waals surface area (Å²) < 4.78 is 8.55. The first-order chi connectivity index (χ1) is 15.0. The SMILES string of the molecule is Cn1cnc2ncn(Cc3nc([C@H]4[C@@H]5CN(c6cc(Cl)cc(Cl)c6)C[C@@H]54)no3)c(=O)c21. The molecule has 3 atom stereocenters. The van der Waals surface area contributed by atoms with Crippen molar-refractivity contribution in [2.45, 2.75) is 12.5 Å². The molecule has 2 aliphatic rings. The summed E-state index contributed by atoms with van der Waals surface area (Å²) >= 11 is 12.3. The van der Waals surface area contributed by atoms with Crippen LogP contribution in [0.5, 0.6) is 0 Å². The first-order valence-electron chi connectivity index (χ1n) is 9.88. The van der Waals surface area contributed by atoms with Crippen LogP contribution in [-0.4, -0.2) is 42.3 Å². The lowest BCUT2D eigenvalue weighted by Crippen LogP contribution is -2.24. The predicted molar refractivity (Wildman–Crippen MR) is 115 cm³/mol. The molecule has 1 aromatic carbocycles. The molecule has 158 valence electrons. The summed E-state index contributed by atoms with van der Waals surface area (Å²) in [6.07, 6.45) is 3.03. The monoisotopic (exact) mass is 457 g/mol. The van der Waals surface area contributed by atoms with Gasteiger partial charge in [0.15, 0.2) is 17.0 Å². The molecule has 31 heavy (non-hydrogen) atoms. The van der Waals surface area contributed by atoms with Crippen LogP contribution < -0.4 is 10.5 Å². The number of aryl methyl sites for hydroxylation is 1. The Morgan fingerprint density at radius 3 is 2.55 bits per heavy atom. The van der Waals surface area contributed by atoms with Crippen LogP contribution in [0.25, 0.3) is 11.2 Å². The van der Waals surface area contributed by atoms with Gasteiger partial charge in [-0.05, 0) is 30.0 Å². The zero-order chi connectivity index (χ0) is 21.3.